The first-order valence-electron chi connectivity index (χ1n) is 4.74. The Hall–Kier alpha value is -1.65. The fourth-order valence-corrected chi connectivity index (χ4v) is 3.31. The molecule has 0 fully saturated rings. The molecule has 1 unspecified atom stereocenters. The molecular formula is C10H9N3O2S2. The zero-order valence-corrected chi connectivity index (χ0v) is 10.5. The van der Waals surface area contributed by atoms with E-state index in [1.165, 1.54) is 30.4 Å². The maximum absolute atomic E-state index is 11.9. The second kappa shape index (κ2) is 3.98. The standard InChI is InChI=1S/C10H9N3O2S2/c1-6(5-11)17(14,15)7-2-3-8-9(4-7)16-10(12)13-8/h2-4,6H,1H3,(H2,12,13). The highest BCUT2D eigenvalue weighted by Crippen LogP contribution is 2.27. The van der Waals surface area contributed by atoms with Gasteiger partial charge in [0.1, 0.15) is 5.25 Å². The number of sulfone groups is 1. The maximum Gasteiger partial charge on any atom is 0.194 e. The van der Waals surface area contributed by atoms with Gasteiger partial charge < -0.3 is 5.73 Å². The molecule has 0 saturated carbocycles. The van der Waals surface area contributed by atoms with Gasteiger partial charge in [0.05, 0.1) is 21.2 Å². The van der Waals surface area contributed by atoms with Crippen LogP contribution in [0.25, 0.3) is 10.2 Å². The van der Waals surface area contributed by atoms with Crippen molar-refractivity contribution in [3.05, 3.63) is 18.2 Å². The summed E-state index contributed by atoms with van der Waals surface area (Å²) in [6, 6.07) is 6.28. The number of rotatable bonds is 2. The van der Waals surface area contributed by atoms with Crippen LogP contribution in [-0.4, -0.2) is 18.7 Å². The van der Waals surface area contributed by atoms with Crippen LogP contribution in [0.1, 0.15) is 6.92 Å². The van der Waals surface area contributed by atoms with Crippen molar-refractivity contribution in [1.82, 2.24) is 4.98 Å². The largest absolute Gasteiger partial charge is 0.375 e. The Morgan fingerprint density at radius 3 is 2.88 bits per heavy atom. The summed E-state index contributed by atoms with van der Waals surface area (Å²) in [7, 11) is -3.59. The number of nitrogens with zero attached hydrogens (tertiary/aromatic N) is 2. The number of nitrogens with two attached hydrogens (primary N) is 1. The Morgan fingerprint density at radius 2 is 2.24 bits per heavy atom. The van der Waals surface area contributed by atoms with Gasteiger partial charge in [-0.3, -0.25) is 0 Å². The van der Waals surface area contributed by atoms with Crippen molar-refractivity contribution >= 4 is 36.5 Å². The van der Waals surface area contributed by atoms with Gasteiger partial charge in [-0.1, -0.05) is 11.3 Å². The lowest BCUT2D eigenvalue weighted by molar-refractivity contribution is 0.592. The molecule has 0 aliphatic carbocycles. The molecule has 7 heteroatoms. The number of nitrogen functional groups attached to an aromatic ring is 1. The van der Waals surface area contributed by atoms with Gasteiger partial charge in [0, 0.05) is 0 Å². The monoisotopic (exact) mass is 267 g/mol. The molecule has 1 aromatic heterocycles. The molecule has 17 heavy (non-hydrogen) atoms. The molecule has 1 atom stereocenters. The van der Waals surface area contributed by atoms with E-state index in [0.29, 0.717) is 15.3 Å². The molecular weight excluding hydrogens is 258 g/mol. The highest BCUT2D eigenvalue weighted by atomic mass is 32.2. The highest BCUT2D eigenvalue weighted by molar-refractivity contribution is 7.92. The molecule has 1 aromatic carbocycles. The van der Waals surface area contributed by atoms with Crippen molar-refractivity contribution in [2.45, 2.75) is 17.1 Å². The van der Waals surface area contributed by atoms with Crippen molar-refractivity contribution in [2.24, 2.45) is 0 Å². The molecule has 0 bridgehead atoms. The average Bonchev–Trinajstić information content (AvgIpc) is 2.66. The topological polar surface area (TPSA) is 96.8 Å². The van der Waals surface area contributed by atoms with Gasteiger partial charge in [-0.15, -0.1) is 0 Å². The third kappa shape index (κ3) is 1.97. The third-order valence-electron chi connectivity index (χ3n) is 2.35. The molecule has 0 amide bonds. The summed E-state index contributed by atoms with van der Waals surface area (Å²) in [6.07, 6.45) is 0. The van der Waals surface area contributed by atoms with Crippen molar-refractivity contribution < 1.29 is 8.42 Å². The van der Waals surface area contributed by atoms with E-state index in [1.54, 1.807) is 12.1 Å². The molecule has 0 radical (unpaired) electrons. The van der Waals surface area contributed by atoms with Crippen LogP contribution in [0.2, 0.25) is 0 Å². The molecule has 0 spiro atoms. The predicted octanol–water partition coefficient (Wildman–Crippen LogP) is 1.56. The quantitative estimate of drug-likeness (QED) is 0.890. The lowest BCUT2D eigenvalue weighted by Gasteiger charge is -2.05. The summed E-state index contributed by atoms with van der Waals surface area (Å²) < 4.78 is 24.6. The Labute approximate surface area is 102 Å². The van der Waals surface area contributed by atoms with E-state index in [1.807, 2.05) is 0 Å². The maximum atomic E-state index is 11.9. The smallest absolute Gasteiger partial charge is 0.194 e. The lowest BCUT2D eigenvalue weighted by atomic mass is 10.3. The molecule has 2 N–H and O–H groups in total. The van der Waals surface area contributed by atoms with Crippen LogP contribution in [0.4, 0.5) is 5.13 Å². The highest BCUT2D eigenvalue weighted by Gasteiger charge is 2.23. The van der Waals surface area contributed by atoms with Crippen molar-refractivity contribution in [3.8, 4) is 6.07 Å². The third-order valence-corrected chi connectivity index (χ3v) is 5.15. The molecule has 5 nitrogen and oxygen atoms in total. The SMILES string of the molecule is CC(C#N)S(=O)(=O)c1ccc2nc(N)sc2c1. The minimum absolute atomic E-state index is 0.128. The van der Waals surface area contributed by atoms with E-state index in [4.69, 9.17) is 11.0 Å². The van der Waals surface area contributed by atoms with Gasteiger partial charge >= 0.3 is 0 Å². The summed E-state index contributed by atoms with van der Waals surface area (Å²) >= 11 is 1.22. The first kappa shape index (κ1) is 11.8. The summed E-state index contributed by atoms with van der Waals surface area (Å²) in [6.45, 7) is 1.36. The van der Waals surface area contributed by atoms with Crippen LogP contribution in [0, 0.1) is 11.3 Å². The summed E-state index contributed by atoms with van der Waals surface area (Å²) in [5.41, 5.74) is 6.20. The summed E-state index contributed by atoms with van der Waals surface area (Å²) in [4.78, 5) is 4.17. The number of hydrogen-bond acceptors (Lipinski definition) is 6. The zero-order valence-electron chi connectivity index (χ0n) is 8.91. The molecule has 0 aliphatic rings. The van der Waals surface area contributed by atoms with Crippen LogP contribution in [0.3, 0.4) is 0 Å². The minimum atomic E-state index is -3.59. The Morgan fingerprint density at radius 1 is 1.53 bits per heavy atom. The predicted molar refractivity (Wildman–Crippen MR) is 66.3 cm³/mol. The fraction of sp³-hybridized carbons (Fsp3) is 0.200. The normalized spacial score (nSPS) is 13.4. The second-order valence-corrected chi connectivity index (χ2v) is 6.83. The van der Waals surface area contributed by atoms with E-state index in [2.05, 4.69) is 4.98 Å². The van der Waals surface area contributed by atoms with Gasteiger partial charge in [-0.05, 0) is 25.1 Å². The van der Waals surface area contributed by atoms with Crippen LogP contribution >= 0.6 is 11.3 Å². The van der Waals surface area contributed by atoms with Gasteiger partial charge in [-0.2, -0.15) is 5.26 Å². The Bertz CT molecular complexity index is 713. The number of nitriles is 1. The van der Waals surface area contributed by atoms with E-state index in [-0.39, 0.29) is 4.90 Å². The van der Waals surface area contributed by atoms with Gasteiger partial charge in [0.25, 0.3) is 0 Å². The Kier molecular flexibility index (Phi) is 2.77. The van der Waals surface area contributed by atoms with Crippen LogP contribution < -0.4 is 5.73 Å². The first-order valence-corrected chi connectivity index (χ1v) is 7.11. The average molecular weight is 267 g/mol. The van der Waals surface area contributed by atoms with Gasteiger partial charge in [0.2, 0.25) is 0 Å². The number of fused-ring (bicyclic) bond motifs is 1. The van der Waals surface area contributed by atoms with E-state index >= 15 is 0 Å². The fourth-order valence-electron chi connectivity index (χ4n) is 1.37. The molecule has 2 aromatic rings. The Balaban J connectivity index is 2.61. The van der Waals surface area contributed by atoms with Crippen molar-refractivity contribution in [2.75, 3.05) is 5.73 Å². The van der Waals surface area contributed by atoms with Crippen molar-refractivity contribution in [3.63, 3.8) is 0 Å². The van der Waals surface area contributed by atoms with Crippen LogP contribution in [-0.2, 0) is 9.84 Å². The number of hydrogen-bond donors (Lipinski definition) is 1. The molecule has 2 rings (SSSR count). The minimum Gasteiger partial charge on any atom is -0.375 e. The molecule has 0 aliphatic heterocycles. The molecule has 1 heterocycles. The van der Waals surface area contributed by atoms with Crippen LogP contribution in [0.5, 0.6) is 0 Å². The van der Waals surface area contributed by atoms with Gasteiger partial charge in [0.15, 0.2) is 15.0 Å². The molecule has 0 saturated heterocycles. The summed E-state index contributed by atoms with van der Waals surface area (Å²) in [5, 5.41) is 8.02. The van der Waals surface area contributed by atoms with E-state index in [0.717, 1.165) is 0 Å². The summed E-state index contributed by atoms with van der Waals surface area (Å²) in [5.74, 6) is 0. The number of anilines is 1. The van der Waals surface area contributed by atoms with E-state index < -0.39 is 15.1 Å². The van der Waals surface area contributed by atoms with Crippen molar-refractivity contribution in [1.29, 1.82) is 5.26 Å². The lowest BCUT2D eigenvalue weighted by Crippen LogP contribution is -2.15. The number of aromatic nitrogens is 1. The number of thiazole rings is 1. The second-order valence-electron chi connectivity index (χ2n) is 3.50. The van der Waals surface area contributed by atoms with Crippen LogP contribution in [0.15, 0.2) is 23.1 Å². The molecule has 88 valence electrons. The zero-order chi connectivity index (χ0) is 12.6. The van der Waals surface area contributed by atoms with E-state index in [9.17, 15) is 8.42 Å². The first-order chi connectivity index (χ1) is 7.95. The van der Waals surface area contributed by atoms with Gasteiger partial charge in [-0.25, -0.2) is 13.4 Å². The number of benzene rings is 1.